The number of esters is 1. The largest absolute Gasteiger partial charge is 0.455 e. The van der Waals surface area contributed by atoms with Crippen LogP contribution in [0.4, 0.5) is 0 Å². The summed E-state index contributed by atoms with van der Waals surface area (Å²) < 4.78 is 24.3. The van der Waals surface area contributed by atoms with Crippen LogP contribution in [-0.4, -0.2) is 140 Å². The monoisotopic (exact) mass is 742 g/mol. The second-order valence-corrected chi connectivity index (χ2v) is 14.6. The van der Waals surface area contributed by atoms with Crippen molar-refractivity contribution < 1.29 is 43.2 Å². The van der Waals surface area contributed by atoms with Gasteiger partial charge in [0.15, 0.2) is 0 Å². The highest BCUT2D eigenvalue weighted by Crippen LogP contribution is 2.54. The van der Waals surface area contributed by atoms with E-state index in [1.807, 2.05) is 66.7 Å². The van der Waals surface area contributed by atoms with Crippen LogP contribution in [0.2, 0.25) is 0 Å². The lowest BCUT2D eigenvalue weighted by atomic mass is 9.77. The SMILES string of the molecule is COC[C@@H]1NC(=O)CC/C=C\[C@@H]2O[C@@]34C=CCN(CCN5CCOCC5)C(=O)[C@@H]3N([C@@H](CO)Cc3ccccc3)C(=O)[C@H]4[C@@H]2C(=O)O[C@H]1c1ccccc1. The molecule has 0 aliphatic carbocycles. The van der Waals surface area contributed by atoms with Crippen molar-refractivity contribution in [1.29, 1.82) is 0 Å². The molecule has 1 spiro atoms. The number of allylic oxidation sites excluding steroid dienone is 1. The molecule has 2 N–H and O–H groups in total. The fourth-order valence-corrected chi connectivity index (χ4v) is 8.69. The lowest BCUT2D eigenvalue weighted by Gasteiger charge is -2.39. The molecular weight excluding hydrogens is 692 g/mol. The van der Waals surface area contributed by atoms with Gasteiger partial charge >= 0.3 is 5.97 Å². The summed E-state index contributed by atoms with van der Waals surface area (Å²) >= 11 is 0. The lowest BCUT2D eigenvalue weighted by molar-refractivity contribution is -0.163. The Hall–Kier alpha value is -4.40. The Balaban J connectivity index is 1.29. The third-order valence-corrected chi connectivity index (χ3v) is 11.3. The first-order valence-corrected chi connectivity index (χ1v) is 19.0. The molecule has 8 atom stereocenters. The number of likely N-dealkylation sites (tertiary alicyclic amines) is 1. The van der Waals surface area contributed by atoms with Gasteiger partial charge in [-0.25, -0.2) is 0 Å². The highest BCUT2D eigenvalue weighted by molar-refractivity contribution is 5.99. The number of nitrogens with zero attached hydrogens (tertiary/aromatic N) is 3. The standard InChI is InChI=1S/C41H50N4O9/c1-51-27-31-36(29-13-6-3-7-14-29)53-40(50)34-32(15-8-9-16-33(47)42-31)54-41-17-10-18-44(20-19-43-21-23-52-24-22-43)39(49)37(41)45(38(48)35(34)41)30(26-46)25-28-11-4-2-5-12-28/h2-8,10-15,17,30-32,34-37,46H,9,16,18-27H2,1H3,(H,42,47)/b15-8-/t30-,31+,32+,34-,35-,36+,37+,41-/m1/s1. The molecule has 0 radical (unpaired) electrons. The van der Waals surface area contributed by atoms with E-state index < -0.39 is 66.3 Å². The molecular formula is C41H50N4O9. The maximum absolute atomic E-state index is 15.1. The van der Waals surface area contributed by atoms with Gasteiger partial charge in [0.05, 0.1) is 50.5 Å². The van der Waals surface area contributed by atoms with Crippen LogP contribution in [0.25, 0.3) is 0 Å². The van der Waals surface area contributed by atoms with Crippen molar-refractivity contribution in [2.45, 2.75) is 55.2 Å². The molecule has 3 amide bonds. The van der Waals surface area contributed by atoms with Crippen LogP contribution in [-0.2, 0) is 44.5 Å². The maximum atomic E-state index is 15.1. The van der Waals surface area contributed by atoms with Crippen LogP contribution >= 0.6 is 0 Å². The van der Waals surface area contributed by atoms with Crippen molar-refractivity contribution in [3.05, 3.63) is 96.1 Å². The highest BCUT2D eigenvalue weighted by Gasteiger charge is 2.72. The van der Waals surface area contributed by atoms with Crippen molar-refractivity contribution in [3.63, 3.8) is 0 Å². The van der Waals surface area contributed by atoms with Crippen molar-refractivity contribution in [2.75, 3.05) is 66.3 Å². The van der Waals surface area contributed by atoms with E-state index in [1.165, 1.54) is 12.0 Å². The lowest BCUT2D eigenvalue weighted by Crippen LogP contribution is -2.59. The van der Waals surface area contributed by atoms with E-state index in [0.717, 1.165) is 18.7 Å². The number of carbonyl (C=O) groups is 4. The summed E-state index contributed by atoms with van der Waals surface area (Å²) in [5.74, 6) is -3.95. The number of rotatable bonds is 10. The average Bonchev–Trinajstić information content (AvgIpc) is 3.59. The maximum Gasteiger partial charge on any atom is 0.313 e. The number of morpholine rings is 1. The van der Waals surface area contributed by atoms with Crippen molar-refractivity contribution in [1.82, 2.24) is 20.0 Å². The molecule has 5 aliphatic rings. The molecule has 0 unspecified atom stereocenters. The van der Waals surface area contributed by atoms with Crippen LogP contribution in [0, 0.1) is 11.8 Å². The zero-order valence-corrected chi connectivity index (χ0v) is 30.7. The molecule has 0 saturated carbocycles. The smallest absolute Gasteiger partial charge is 0.313 e. The fraction of sp³-hybridized carbons (Fsp3) is 0.512. The van der Waals surface area contributed by atoms with Gasteiger partial charge in [0.25, 0.3) is 0 Å². The molecule has 2 aromatic carbocycles. The van der Waals surface area contributed by atoms with E-state index in [9.17, 15) is 19.5 Å². The molecule has 288 valence electrons. The first-order chi connectivity index (χ1) is 26.3. The number of amides is 3. The Kier molecular flexibility index (Phi) is 11.9. The number of hydrogen-bond acceptors (Lipinski definition) is 10. The Bertz CT molecular complexity index is 1700. The van der Waals surface area contributed by atoms with E-state index in [2.05, 4.69) is 10.2 Å². The minimum absolute atomic E-state index is 0.0658. The molecule has 3 saturated heterocycles. The molecule has 3 fully saturated rings. The number of ether oxygens (including phenoxy) is 4. The quantitative estimate of drug-likeness (QED) is 0.272. The van der Waals surface area contributed by atoms with Crippen LogP contribution in [0.1, 0.15) is 30.1 Å². The van der Waals surface area contributed by atoms with Gasteiger partial charge in [0, 0.05) is 46.3 Å². The highest BCUT2D eigenvalue weighted by atomic mass is 16.6. The second kappa shape index (κ2) is 17.0. The second-order valence-electron chi connectivity index (χ2n) is 14.6. The Morgan fingerprint density at radius 2 is 1.70 bits per heavy atom. The number of cyclic esters (lactones) is 1. The van der Waals surface area contributed by atoms with Gasteiger partial charge < -0.3 is 39.2 Å². The molecule has 7 rings (SSSR count). The van der Waals surface area contributed by atoms with Crippen LogP contribution in [0.5, 0.6) is 0 Å². The summed E-state index contributed by atoms with van der Waals surface area (Å²) in [6.07, 6.45) is 6.10. The van der Waals surface area contributed by atoms with Gasteiger partial charge in [-0.2, -0.15) is 0 Å². The minimum atomic E-state index is -1.53. The van der Waals surface area contributed by atoms with Crippen molar-refractivity contribution in [3.8, 4) is 0 Å². The normalized spacial score (nSPS) is 31.7. The zero-order chi connectivity index (χ0) is 37.7. The molecule has 5 heterocycles. The molecule has 0 aromatic heterocycles. The Morgan fingerprint density at radius 3 is 2.43 bits per heavy atom. The van der Waals surface area contributed by atoms with Crippen LogP contribution in [0.15, 0.2) is 85.0 Å². The fourth-order valence-electron chi connectivity index (χ4n) is 8.69. The zero-order valence-electron chi connectivity index (χ0n) is 30.7. The summed E-state index contributed by atoms with van der Waals surface area (Å²) in [6.45, 7) is 3.78. The van der Waals surface area contributed by atoms with E-state index >= 15 is 4.79 Å². The number of nitrogens with one attached hydrogen (secondary N) is 1. The molecule has 13 nitrogen and oxygen atoms in total. The Labute approximate surface area is 315 Å². The molecule has 13 heteroatoms. The summed E-state index contributed by atoms with van der Waals surface area (Å²) in [5, 5.41) is 13.9. The predicted octanol–water partition coefficient (Wildman–Crippen LogP) is 1.67. The minimum Gasteiger partial charge on any atom is -0.455 e. The Morgan fingerprint density at radius 1 is 0.963 bits per heavy atom. The van der Waals surface area contributed by atoms with Gasteiger partial charge in [-0.15, -0.1) is 0 Å². The third kappa shape index (κ3) is 7.60. The number of aliphatic hydroxyl groups is 1. The van der Waals surface area contributed by atoms with Crippen molar-refractivity contribution in [2.24, 2.45) is 11.8 Å². The number of methoxy groups -OCH3 is 1. The van der Waals surface area contributed by atoms with Crippen molar-refractivity contribution >= 4 is 23.7 Å². The van der Waals surface area contributed by atoms with Gasteiger partial charge in [0.1, 0.15) is 23.7 Å². The third-order valence-electron chi connectivity index (χ3n) is 11.3. The molecule has 0 bridgehead atoms. The number of hydrogen-bond donors (Lipinski definition) is 2. The van der Waals surface area contributed by atoms with Crippen LogP contribution in [0.3, 0.4) is 0 Å². The van der Waals surface area contributed by atoms with Gasteiger partial charge in [-0.05, 0) is 24.0 Å². The predicted molar refractivity (Wildman–Crippen MR) is 197 cm³/mol. The first-order valence-electron chi connectivity index (χ1n) is 19.0. The van der Waals surface area contributed by atoms with E-state index in [1.54, 1.807) is 23.1 Å². The van der Waals surface area contributed by atoms with E-state index in [4.69, 9.17) is 18.9 Å². The number of fused-ring (bicyclic) bond motifs is 2. The van der Waals surface area contributed by atoms with E-state index in [0.29, 0.717) is 51.3 Å². The number of benzene rings is 2. The summed E-state index contributed by atoms with van der Waals surface area (Å²) in [4.78, 5) is 63.5. The molecule has 54 heavy (non-hydrogen) atoms. The average molecular weight is 743 g/mol. The number of carbonyl (C=O) groups excluding carboxylic acids is 4. The topological polar surface area (TPSA) is 147 Å². The van der Waals surface area contributed by atoms with Gasteiger partial charge in [-0.3, -0.25) is 24.1 Å². The van der Waals surface area contributed by atoms with Gasteiger partial charge in [-0.1, -0.05) is 85.0 Å². The van der Waals surface area contributed by atoms with Gasteiger partial charge in [0.2, 0.25) is 17.7 Å². The number of aliphatic hydroxyl groups excluding tert-OH is 1. The van der Waals surface area contributed by atoms with E-state index in [-0.39, 0.29) is 24.8 Å². The van der Waals surface area contributed by atoms with Crippen LogP contribution < -0.4 is 5.32 Å². The summed E-state index contributed by atoms with van der Waals surface area (Å²) in [6, 6.07) is 16.0. The summed E-state index contributed by atoms with van der Waals surface area (Å²) in [7, 11) is 1.51. The summed E-state index contributed by atoms with van der Waals surface area (Å²) in [5.41, 5.74) is -0.000161. The molecule has 2 aromatic rings. The molecule has 5 aliphatic heterocycles. The first kappa shape index (κ1) is 37.9.